The van der Waals surface area contributed by atoms with Crippen molar-refractivity contribution in [3.8, 4) is 0 Å². The Bertz CT molecular complexity index is 823. The molecule has 0 unspecified atom stereocenters. The lowest BCUT2D eigenvalue weighted by Gasteiger charge is -2.05. The maximum atomic E-state index is 12.1. The van der Waals surface area contributed by atoms with Crippen LogP contribution in [0.4, 0.5) is 5.69 Å². The molecule has 1 N–H and O–H groups in total. The van der Waals surface area contributed by atoms with Crippen molar-refractivity contribution in [3.63, 3.8) is 0 Å². The lowest BCUT2D eigenvalue weighted by atomic mass is 10.2. The molecule has 2 aromatic carbocycles. The third-order valence-electron chi connectivity index (χ3n) is 3.52. The smallest absolute Gasteiger partial charge is 0.234 e. The van der Waals surface area contributed by atoms with Crippen molar-refractivity contribution < 1.29 is 4.79 Å². The van der Waals surface area contributed by atoms with Gasteiger partial charge in [-0.15, -0.1) is 11.8 Å². The number of carbonyl (C=O) groups is 1. The van der Waals surface area contributed by atoms with Crippen LogP contribution in [0, 0.1) is 6.92 Å². The summed E-state index contributed by atoms with van der Waals surface area (Å²) < 4.78 is 2.09. The maximum absolute atomic E-state index is 12.1. The van der Waals surface area contributed by atoms with Gasteiger partial charge in [0, 0.05) is 34.7 Å². The topological polar surface area (TPSA) is 34.0 Å². The van der Waals surface area contributed by atoms with E-state index in [-0.39, 0.29) is 5.91 Å². The first-order chi connectivity index (χ1) is 10.6. The van der Waals surface area contributed by atoms with Crippen molar-refractivity contribution in [2.24, 2.45) is 7.05 Å². The summed E-state index contributed by atoms with van der Waals surface area (Å²) in [5.74, 6) is 0.422. The second kappa shape index (κ2) is 6.28. The summed E-state index contributed by atoms with van der Waals surface area (Å²) in [6.07, 6.45) is 2.08. The number of nitrogens with one attached hydrogen (secondary N) is 1. The summed E-state index contributed by atoms with van der Waals surface area (Å²) in [6.45, 7) is 2.01. The minimum Gasteiger partial charge on any atom is -0.349 e. The molecule has 1 heterocycles. The van der Waals surface area contributed by atoms with Gasteiger partial charge >= 0.3 is 0 Å². The quantitative estimate of drug-likeness (QED) is 0.732. The van der Waals surface area contributed by atoms with E-state index in [0.29, 0.717) is 5.75 Å². The van der Waals surface area contributed by atoms with Gasteiger partial charge in [0.1, 0.15) is 0 Å². The van der Waals surface area contributed by atoms with Crippen molar-refractivity contribution in [2.75, 3.05) is 11.1 Å². The van der Waals surface area contributed by atoms with Crippen molar-refractivity contribution in [3.05, 3.63) is 60.3 Å². The van der Waals surface area contributed by atoms with Gasteiger partial charge < -0.3 is 9.88 Å². The van der Waals surface area contributed by atoms with Crippen LogP contribution in [0.15, 0.2) is 59.6 Å². The summed E-state index contributed by atoms with van der Waals surface area (Å²) in [4.78, 5) is 13.2. The predicted octanol–water partition coefficient (Wildman–Crippen LogP) is 4.22. The molecule has 4 heteroatoms. The van der Waals surface area contributed by atoms with Crippen LogP contribution >= 0.6 is 11.8 Å². The Labute approximate surface area is 134 Å². The molecule has 0 aliphatic carbocycles. The number of rotatable bonds is 4. The highest BCUT2D eigenvalue weighted by Gasteiger charge is 2.09. The Hall–Kier alpha value is -2.20. The predicted molar refractivity (Wildman–Crippen MR) is 93.5 cm³/mol. The highest BCUT2D eigenvalue weighted by molar-refractivity contribution is 8.00. The van der Waals surface area contributed by atoms with E-state index in [1.54, 1.807) is 11.8 Å². The van der Waals surface area contributed by atoms with E-state index in [1.165, 1.54) is 10.9 Å². The van der Waals surface area contributed by atoms with Crippen LogP contribution < -0.4 is 5.32 Å². The van der Waals surface area contributed by atoms with E-state index in [1.807, 2.05) is 50.4 Å². The van der Waals surface area contributed by atoms with Gasteiger partial charge in [-0.25, -0.2) is 0 Å². The molecule has 1 amide bonds. The molecule has 1 aromatic heterocycles. The highest BCUT2D eigenvalue weighted by atomic mass is 32.2. The number of amides is 1. The van der Waals surface area contributed by atoms with Gasteiger partial charge in [-0.3, -0.25) is 4.79 Å². The van der Waals surface area contributed by atoms with E-state index < -0.39 is 0 Å². The van der Waals surface area contributed by atoms with E-state index in [4.69, 9.17) is 0 Å². The molecule has 0 aliphatic rings. The van der Waals surface area contributed by atoms with E-state index >= 15 is 0 Å². The third kappa shape index (κ3) is 3.17. The molecular formula is C18H18N2OS. The Morgan fingerprint density at radius 2 is 2.00 bits per heavy atom. The lowest BCUT2D eigenvalue weighted by Crippen LogP contribution is -2.13. The number of anilines is 1. The van der Waals surface area contributed by atoms with Crippen molar-refractivity contribution >= 4 is 34.3 Å². The van der Waals surface area contributed by atoms with Crippen molar-refractivity contribution in [2.45, 2.75) is 11.8 Å². The van der Waals surface area contributed by atoms with Gasteiger partial charge in [0.15, 0.2) is 0 Å². The zero-order valence-corrected chi connectivity index (χ0v) is 13.5. The average molecular weight is 310 g/mol. The Morgan fingerprint density at radius 1 is 1.18 bits per heavy atom. The third-order valence-corrected chi connectivity index (χ3v) is 4.56. The van der Waals surface area contributed by atoms with Crippen LogP contribution in [0.1, 0.15) is 5.56 Å². The zero-order chi connectivity index (χ0) is 15.5. The number of aromatic nitrogens is 1. The SMILES string of the molecule is Cc1cccc(NC(=O)CSc2cn(C)c3ccccc23)c1. The first kappa shape index (κ1) is 14.7. The Balaban J connectivity index is 1.68. The standard InChI is InChI=1S/C18H18N2OS/c1-13-6-5-7-14(10-13)19-18(21)12-22-17-11-20(2)16-9-4-3-8-15(16)17/h3-11H,12H2,1-2H3,(H,19,21). The molecule has 3 nitrogen and oxygen atoms in total. The molecule has 0 saturated heterocycles. The van der Waals surface area contributed by atoms with E-state index in [9.17, 15) is 4.79 Å². The Kier molecular flexibility index (Phi) is 4.20. The van der Waals surface area contributed by atoms with Crippen LogP contribution in [-0.2, 0) is 11.8 Å². The number of fused-ring (bicyclic) bond motifs is 1. The molecule has 112 valence electrons. The largest absolute Gasteiger partial charge is 0.349 e. The molecule has 22 heavy (non-hydrogen) atoms. The molecule has 0 saturated carbocycles. The van der Waals surface area contributed by atoms with Crippen LogP contribution in [0.3, 0.4) is 0 Å². The maximum Gasteiger partial charge on any atom is 0.234 e. The molecule has 0 bridgehead atoms. The number of thioether (sulfide) groups is 1. The number of nitrogens with zero attached hydrogens (tertiary/aromatic N) is 1. The number of aryl methyl sites for hydroxylation is 2. The molecule has 3 rings (SSSR count). The van der Waals surface area contributed by atoms with Gasteiger partial charge in [-0.1, -0.05) is 30.3 Å². The molecule has 0 spiro atoms. The number of para-hydroxylation sites is 1. The van der Waals surface area contributed by atoms with Crippen LogP contribution in [-0.4, -0.2) is 16.2 Å². The Morgan fingerprint density at radius 3 is 2.82 bits per heavy atom. The first-order valence-electron chi connectivity index (χ1n) is 7.17. The summed E-state index contributed by atoms with van der Waals surface area (Å²) in [5, 5.41) is 4.13. The van der Waals surface area contributed by atoms with Gasteiger partial charge in [0.05, 0.1) is 5.75 Å². The van der Waals surface area contributed by atoms with Crippen LogP contribution in [0.5, 0.6) is 0 Å². The monoisotopic (exact) mass is 310 g/mol. The second-order valence-corrected chi connectivity index (χ2v) is 6.34. The molecule has 0 radical (unpaired) electrons. The lowest BCUT2D eigenvalue weighted by molar-refractivity contribution is -0.113. The van der Waals surface area contributed by atoms with Crippen LogP contribution in [0.25, 0.3) is 10.9 Å². The average Bonchev–Trinajstić information content (AvgIpc) is 2.82. The van der Waals surface area contributed by atoms with E-state index in [2.05, 4.69) is 28.2 Å². The summed E-state index contributed by atoms with van der Waals surface area (Å²) in [6, 6.07) is 16.1. The van der Waals surface area contributed by atoms with Gasteiger partial charge in [-0.05, 0) is 30.7 Å². The summed E-state index contributed by atoms with van der Waals surface area (Å²) in [7, 11) is 2.03. The van der Waals surface area contributed by atoms with Crippen molar-refractivity contribution in [1.29, 1.82) is 0 Å². The van der Waals surface area contributed by atoms with Gasteiger partial charge in [0.2, 0.25) is 5.91 Å². The normalized spacial score (nSPS) is 10.8. The molecule has 0 atom stereocenters. The molecule has 3 aromatic rings. The number of hydrogen-bond donors (Lipinski definition) is 1. The molecule has 0 fully saturated rings. The fraction of sp³-hybridized carbons (Fsp3) is 0.167. The number of benzene rings is 2. The van der Waals surface area contributed by atoms with Gasteiger partial charge in [-0.2, -0.15) is 0 Å². The van der Waals surface area contributed by atoms with E-state index in [0.717, 1.165) is 16.1 Å². The number of hydrogen-bond acceptors (Lipinski definition) is 2. The molecular weight excluding hydrogens is 292 g/mol. The minimum atomic E-state index is 0.0172. The zero-order valence-electron chi connectivity index (χ0n) is 12.7. The fourth-order valence-electron chi connectivity index (χ4n) is 2.48. The summed E-state index contributed by atoms with van der Waals surface area (Å²) in [5.41, 5.74) is 3.17. The first-order valence-corrected chi connectivity index (χ1v) is 8.15. The van der Waals surface area contributed by atoms with Crippen molar-refractivity contribution in [1.82, 2.24) is 4.57 Å². The minimum absolute atomic E-state index is 0.0172. The number of carbonyl (C=O) groups excluding carboxylic acids is 1. The van der Waals surface area contributed by atoms with Gasteiger partial charge in [0.25, 0.3) is 0 Å². The van der Waals surface area contributed by atoms with Crippen LogP contribution in [0.2, 0.25) is 0 Å². The molecule has 0 aliphatic heterocycles. The summed E-state index contributed by atoms with van der Waals surface area (Å²) >= 11 is 1.57. The second-order valence-electron chi connectivity index (χ2n) is 5.33. The highest BCUT2D eigenvalue weighted by Crippen LogP contribution is 2.29. The fourth-order valence-corrected chi connectivity index (χ4v) is 3.40.